The molecule has 0 aliphatic carbocycles. The second-order valence-corrected chi connectivity index (χ2v) is 4.80. The summed E-state index contributed by atoms with van der Waals surface area (Å²) in [5.41, 5.74) is -2.35. The number of hydrogen-bond donors (Lipinski definition) is 1. The van der Waals surface area contributed by atoms with E-state index in [1.807, 2.05) is 0 Å². The molecule has 0 fully saturated rings. The smallest absolute Gasteiger partial charge is 0.387 e. The van der Waals surface area contributed by atoms with Crippen LogP contribution in [0.3, 0.4) is 0 Å². The molecular weight excluding hydrogens is 340 g/mol. The van der Waals surface area contributed by atoms with Crippen LogP contribution in [0.1, 0.15) is 20.7 Å². The molecule has 0 amide bonds. The van der Waals surface area contributed by atoms with Crippen LogP contribution >= 0.6 is 0 Å². The fourth-order valence-corrected chi connectivity index (χ4v) is 2.32. The summed E-state index contributed by atoms with van der Waals surface area (Å²) in [6, 6.07) is 5.42. The number of benzene rings is 2. The van der Waals surface area contributed by atoms with E-state index in [-0.39, 0.29) is 16.5 Å². The van der Waals surface area contributed by atoms with Crippen LogP contribution in [0.4, 0.5) is 32.0 Å². The van der Waals surface area contributed by atoms with Crippen LogP contribution in [-0.4, -0.2) is 31.0 Å². The Balaban J connectivity index is 2.90. The number of Topliss-reactive ketones (excluding diaryl/α,β-unsaturated/α-hetero) is 2. The third kappa shape index (κ3) is 3.06. The van der Waals surface area contributed by atoms with Gasteiger partial charge in [0.2, 0.25) is 0 Å². The maximum Gasteiger partial charge on any atom is 0.454 e. The van der Waals surface area contributed by atoms with Gasteiger partial charge >= 0.3 is 12.4 Å². The van der Waals surface area contributed by atoms with Crippen molar-refractivity contribution in [3.8, 4) is 0 Å². The maximum absolute atomic E-state index is 12.7. The number of carbonyl (C=O) groups excluding carboxylic acids is 2. The largest absolute Gasteiger partial charge is 0.454 e. The predicted octanol–water partition coefficient (Wildman–Crippen LogP) is 4.37. The molecule has 0 aliphatic heterocycles. The number of halogens is 6. The third-order valence-corrected chi connectivity index (χ3v) is 3.30. The molecule has 0 radical (unpaired) electrons. The second kappa shape index (κ2) is 5.81. The van der Waals surface area contributed by atoms with Crippen LogP contribution in [-0.2, 0) is 0 Å². The number of nitrogens with one attached hydrogen (secondary N) is 1. The van der Waals surface area contributed by atoms with E-state index in [9.17, 15) is 35.9 Å². The highest BCUT2D eigenvalue weighted by Gasteiger charge is 2.44. The molecule has 2 rings (SSSR count). The van der Waals surface area contributed by atoms with Crippen molar-refractivity contribution in [1.82, 2.24) is 0 Å². The minimum atomic E-state index is -5.30. The fourth-order valence-electron chi connectivity index (χ4n) is 2.32. The quantitative estimate of drug-likeness (QED) is 0.661. The number of hydrogen-bond acceptors (Lipinski definition) is 3. The summed E-state index contributed by atoms with van der Waals surface area (Å²) in [5, 5.41) is 2.08. The average molecular weight is 349 g/mol. The lowest BCUT2D eigenvalue weighted by atomic mass is 9.93. The summed E-state index contributed by atoms with van der Waals surface area (Å²) in [6.45, 7) is 0. The van der Waals surface area contributed by atoms with Crippen molar-refractivity contribution in [1.29, 1.82) is 0 Å². The molecule has 3 nitrogen and oxygen atoms in total. The van der Waals surface area contributed by atoms with Gasteiger partial charge in [-0.25, -0.2) is 0 Å². The first-order chi connectivity index (χ1) is 11.0. The summed E-state index contributed by atoms with van der Waals surface area (Å²) in [4.78, 5) is 23.1. The monoisotopic (exact) mass is 349 g/mol. The van der Waals surface area contributed by atoms with Crippen LogP contribution in [0.25, 0.3) is 10.8 Å². The van der Waals surface area contributed by atoms with Crippen molar-refractivity contribution >= 4 is 28.0 Å². The van der Waals surface area contributed by atoms with Crippen molar-refractivity contribution in [2.75, 3.05) is 12.4 Å². The van der Waals surface area contributed by atoms with Crippen molar-refractivity contribution in [3.05, 3.63) is 41.5 Å². The Morgan fingerprint density at radius 2 is 1.29 bits per heavy atom. The van der Waals surface area contributed by atoms with Gasteiger partial charge in [-0.05, 0) is 11.5 Å². The van der Waals surface area contributed by atoms with Crippen molar-refractivity contribution in [2.45, 2.75) is 12.4 Å². The van der Waals surface area contributed by atoms with Gasteiger partial charge in [-0.15, -0.1) is 0 Å². The summed E-state index contributed by atoms with van der Waals surface area (Å²) >= 11 is 0. The summed E-state index contributed by atoms with van der Waals surface area (Å²) < 4.78 is 76.4. The van der Waals surface area contributed by atoms with E-state index in [4.69, 9.17) is 0 Å². The maximum atomic E-state index is 12.7. The van der Waals surface area contributed by atoms with Gasteiger partial charge in [0.05, 0.1) is 11.3 Å². The number of carbonyl (C=O) groups is 2. The minimum absolute atomic E-state index is 0.0947. The zero-order chi connectivity index (χ0) is 18.3. The molecule has 0 bridgehead atoms. The standard InChI is InChI=1S/C15H9F6NO2/c1-22-11-8-5-3-2-4-7(8)9(12(23)14(16,17)18)6-10(11)13(24)15(19,20)21/h2-6,22H,1H3. The molecule has 0 atom stereocenters. The Kier molecular flexibility index (Phi) is 4.30. The summed E-state index contributed by atoms with van der Waals surface area (Å²) in [5.74, 6) is -4.66. The van der Waals surface area contributed by atoms with Crippen LogP contribution in [0.15, 0.2) is 30.3 Å². The molecule has 0 heterocycles. The van der Waals surface area contributed by atoms with Gasteiger partial charge in [-0.3, -0.25) is 9.59 Å². The molecule has 1 N–H and O–H groups in total. The van der Waals surface area contributed by atoms with Gasteiger partial charge < -0.3 is 5.32 Å². The number of alkyl halides is 6. The Hall–Kier alpha value is -2.58. The van der Waals surface area contributed by atoms with Crippen molar-refractivity contribution in [2.24, 2.45) is 0 Å². The van der Waals surface area contributed by atoms with Gasteiger partial charge in [0.15, 0.2) is 0 Å². The molecule has 0 spiro atoms. The lowest BCUT2D eigenvalue weighted by Crippen LogP contribution is -2.26. The number of ketones is 2. The van der Waals surface area contributed by atoms with Gasteiger partial charge in [-0.1, -0.05) is 24.3 Å². The van der Waals surface area contributed by atoms with Crippen LogP contribution < -0.4 is 5.32 Å². The van der Waals surface area contributed by atoms with E-state index in [0.29, 0.717) is 6.07 Å². The first kappa shape index (κ1) is 17.8. The highest BCUT2D eigenvalue weighted by molar-refractivity contribution is 6.19. The van der Waals surface area contributed by atoms with Crippen LogP contribution in [0.5, 0.6) is 0 Å². The Morgan fingerprint density at radius 3 is 1.75 bits per heavy atom. The predicted molar refractivity (Wildman–Crippen MR) is 74.3 cm³/mol. The van der Waals surface area contributed by atoms with Crippen molar-refractivity contribution < 1.29 is 35.9 Å². The molecule has 2 aromatic rings. The molecule has 0 unspecified atom stereocenters. The molecule has 128 valence electrons. The highest BCUT2D eigenvalue weighted by Crippen LogP contribution is 2.36. The first-order valence-corrected chi connectivity index (χ1v) is 6.45. The van der Waals surface area contributed by atoms with E-state index in [2.05, 4.69) is 5.32 Å². The molecular formula is C15H9F6NO2. The van der Waals surface area contributed by atoms with Crippen LogP contribution in [0, 0.1) is 0 Å². The fraction of sp³-hybridized carbons (Fsp3) is 0.200. The lowest BCUT2D eigenvalue weighted by molar-refractivity contribution is -0.0886. The highest BCUT2D eigenvalue weighted by atomic mass is 19.4. The molecule has 0 saturated carbocycles. The van der Waals surface area contributed by atoms with E-state index in [0.717, 1.165) is 6.07 Å². The van der Waals surface area contributed by atoms with Gasteiger partial charge in [-0.2, -0.15) is 26.3 Å². The lowest BCUT2D eigenvalue weighted by Gasteiger charge is -2.17. The molecule has 9 heteroatoms. The van der Waals surface area contributed by atoms with Gasteiger partial charge in [0.25, 0.3) is 11.6 Å². The molecule has 0 saturated heterocycles. The number of fused-ring (bicyclic) bond motifs is 1. The average Bonchev–Trinajstić information content (AvgIpc) is 2.50. The third-order valence-electron chi connectivity index (χ3n) is 3.30. The Bertz CT molecular complexity index is 823. The topological polar surface area (TPSA) is 46.2 Å². The normalized spacial score (nSPS) is 12.3. The zero-order valence-corrected chi connectivity index (χ0v) is 12.0. The van der Waals surface area contributed by atoms with Crippen molar-refractivity contribution in [3.63, 3.8) is 0 Å². The summed E-state index contributed by atoms with van der Waals surface area (Å²) in [7, 11) is 1.22. The number of anilines is 1. The molecule has 2 aromatic carbocycles. The van der Waals surface area contributed by atoms with E-state index < -0.39 is 35.0 Å². The minimum Gasteiger partial charge on any atom is -0.387 e. The number of rotatable bonds is 3. The zero-order valence-electron chi connectivity index (χ0n) is 12.0. The first-order valence-electron chi connectivity index (χ1n) is 6.45. The molecule has 0 aliphatic rings. The van der Waals surface area contributed by atoms with E-state index in [1.54, 1.807) is 0 Å². The van der Waals surface area contributed by atoms with Gasteiger partial charge in [0.1, 0.15) is 0 Å². The Morgan fingerprint density at radius 1 is 0.833 bits per heavy atom. The van der Waals surface area contributed by atoms with E-state index >= 15 is 0 Å². The van der Waals surface area contributed by atoms with Gasteiger partial charge in [0, 0.05) is 18.0 Å². The second-order valence-electron chi connectivity index (χ2n) is 4.80. The SMILES string of the molecule is CNc1c(C(=O)C(F)(F)F)cc(C(=O)C(F)(F)F)c2ccccc12. The summed E-state index contributed by atoms with van der Waals surface area (Å²) in [6.07, 6.45) is -10.6. The van der Waals surface area contributed by atoms with E-state index in [1.165, 1.54) is 25.2 Å². The van der Waals surface area contributed by atoms with Crippen LogP contribution in [0.2, 0.25) is 0 Å². The molecule has 0 aromatic heterocycles. The Labute approximate surface area is 131 Å². The molecule has 24 heavy (non-hydrogen) atoms.